The summed E-state index contributed by atoms with van der Waals surface area (Å²) in [5.74, 6) is -2.12. The third-order valence-corrected chi connectivity index (χ3v) is 7.05. The van der Waals surface area contributed by atoms with E-state index in [0.29, 0.717) is 5.56 Å². The second-order valence-corrected chi connectivity index (χ2v) is 9.67. The van der Waals surface area contributed by atoms with E-state index in [0.717, 1.165) is 30.4 Å². The van der Waals surface area contributed by atoms with Crippen molar-refractivity contribution in [3.8, 4) is 17.8 Å². The molecule has 1 heterocycles. The molecule has 3 aromatic rings. The van der Waals surface area contributed by atoms with Gasteiger partial charge >= 0.3 is 0 Å². The molecule has 2 amide bonds. The first kappa shape index (κ1) is 27.2. The average molecular weight is 527 g/mol. The number of carbonyl (C=O) groups excluding carboxylic acids is 3. The van der Waals surface area contributed by atoms with Crippen molar-refractivity contribution in [1.82, 2.24) is 15.6 Å². The lowest BCUT2D eigenvalue weighted by Gasteiger charge is -2.33. The molecule has 2 aromatic carbocycles. The van der Waals surface area contributed by atoms with Crippen LogP contribution in [-0.2, 0) is 9.59 Å². The Morgan fingerprint density at radius 1 is 1.05 bits per heavy atom. The van der Waals surface area contributed by atoms with E-state index in [2.05, 4.69) is 15.6 Å². The van der Waals surface area contributed by atoms with Gasteiger partial charge in [-0.3, -0.25) is 19.4 Å². The van der Waals surface area contributed by atoms with Crippen molar-refractivity contribution in [1.29, 1.82) is 5.26 Å². The lowest BCUT2D eigenvalue weighted by Crippen LogP contribution is -2.49. The third-order valence-electron chi connectivity index (χ3n) is 7.05. The Kier molecular flexibility index (Phi) is 8.46. The molecular formula is C30H30N4O5. The third kappa shape index (κ3) is 6.54. The monoisotopic (exact) mass is 526 g/mol. The molecule has 0 spiro atoms. The highest BCUT2D eigenvalue weighted by molar-refractivity contribution is 6.05. The van der Waals surface area contributed by atoms with Gasteiger partial charge in [-0.05, 0) is 55.0 Å². The standard InChI is InChI=1S/C30H30N4O5/c1-18-26(30(39)34-29(18)38)28(37)27(22-8-5-9-22)33-25(36)16-23(21-6-3-2-4-7-21)32-24(35)15-14-19-10-12-20(17-31)13-11-19/h2-4,6-7,10-15,22-23,27,34,38-39H,5,8-9,16H2,1H3,(H,32,35)(H,33,36)/t23-,27?/m0/s1. The molecule has 0 bridgehead atoms. The average Bonchev–Trinajstić information content (AvgIpc) is 3.16. The Bertz CT molecular complexity index is 1420. The molecule has 200 valence electrons. The van der Waals surface area contributed by atoms with Crippen molar-refractivity contribution in [2.45, 2.75) is 44.7 Å². The summed E-state index contributed by atoms with van der Waals surface area (Å²) in [6.45, 7) is 1.52. The second-order valence-electron chi connectivity index (χ2n) is 9.67. The summed E-state index contributed by atoms with van der Waals surface area (Å²) in [7, 11) is 0. The molecule has 4 rings (SSSR count). The predicted molar refractivity (Wildman–Crippen MR) is 145 cm³/mol. The van der Waals surface area contributed by atoms with Crippen LogP contribution >= 0.6 is 0 Å². The fourth-order valence-electron chi connectivity index (χ4n) is 4.61. The Morgan fingerprint density at radius 2 is 1.74 bits per heavy atom. The topological polar surface area (TPSA) is 155 Å². The number of benzene rings is 2. The van der Waals surface area contributed by atoms with E-state index in [1.807, 2.05) is 24.3 Å². The van der Waals surface area contributed by atoms with Gasteiger partial charge in [0.15, 0.2) is 11.7 Å². The number of H-pyrrole nitrogens is 1. The zero-order valence-corrected chi connectivity index (χ0v) is 21.5. The highest BCUT2D eigenvalue weighted by Gasteiger charge is 2.37. The second kappa shape index (κ2) is 12.1. The number of Topliss-reactive ketones (excluding diaryl/α,β-unsaturated/α-hetero) is 1. The fourth-order valence-corrected chi connectivity index (χ4v) is 4.61. The number of nitrogens with zero attached hydrogens (tertiary/aromatic N) is 1. The van der Waals surface area contributed by atoms with Crippen LogP contribution in [0, 0.1) is 24.2 Å². The number of amides is 2. The van der Waals surface area contributed by atoms with Crippen LogP contribution in [0.25, 0.3) is 6.08 Å². The summed E-state index contributed by atoms with van der Waals surface area (Å²) in [5, 5.41) is 34.7. The first-order chi connectivity index (χ1) is 18.8. The normalized spacial score (nSPS) is 14.7. The number of nitrogens with one attached hydrogen (secondary N) is 3. The Labute approximate surface area is 226 Å². The lowest BCUT2D eigenvalue weighted by molar-refractivity contribution is -0.123. The molecule has 1 fully saturated rings. The van der Waals surface area contributed by atoms with E-state index < -0.39 is 35.6 Å². The minimum Gasteiger partial charge on any atom is -0.494 e. The lowest BCUT2D eigenvalue weighted by atomic mass is 9.77. The van der Waals surface area contributed by atoms with Crippen LogP contribution in [0.3, 0.4) is 0 Å². The Hall–Kier alpha value is -4.84. The van der Waals surface area contributed by atoms with Crippen molar-refractivity contribution in [3.05, 3.63) is 88.5 Å². The number of aromatic amines is 1. The van der Waals surface area contributed by atoms with Gasteiger partial charge in [-0.25, -0.2) is 0 Å². The molecule has 1 unspecified atom stereocenters. The molecule has 1 saturated carbocycles. The van der Waals surface area contributed by atoms with E-state index in [-0.39, 0.29) is 29.3 Å². The molecule has 1 aromatic heterocycles. The first-order valence-corrected chi connectivity index (χ1v) is 12.7. The number of hydrogen-bond acceptors (Lipinski definition) is 6. The van der Waals surface area contributed by atoms with Crippen LogP contribution in [0.5, 0.6) is 11.8 Å². The van der Waals surface area contributed by atoms with Crippen LogP contribution in [0.2, 0.25) is 0 Å². The highest BCUT2D eigenvalue weighted by Crippen LogP contribution is 2.35. The van der Waals surface area contributed by atoms with Gasteiger partial charge in [0.2, 0.25) is 17.7 Å². The number of aromatic hydroxyl groups is 2. The summed E-state index contributed by atoms with van der Waals surface area (Å²) < 4.78 is 0. The number of ketones is 1. The largest absolute Gasteiger partial charge is 0.494 e. The van der Waals surface area contributed by atoms with Crippen LogP contribution in [0.15, 0.2) is 60.7 Å². The van der Waals surface area contributed by atoms with E-state index in [4.69, 9.17) is 5.26 Å². The van der Waals surface area contributed by atoms with Gasteiger partial charge in [-0.15, -0.1) is 0 Å². The molecule has 9 heteroatoms. The van der Waals surface area contributed by atoms with Crippen molar-refractivity contribution < 1.29 is 24.6 Å². The van der Waals surface area contributed by atoms with Gasteiger partial charge in [0.25, 0.3) is 0 Å². The van der Waals surface area contributed by atoms with Gasteiger partial charge in [-0.1, -0.05) is 48.9 Å². The van der Waals surface area contributed by atoms with Gasteiger partial charge in [0.05, 0.1) is 35.7 Å². The number of aromatic nitrogens is 1. The first-order valence-electron chi connectivity index (χ1n) is 12.7. The van der Waals surface area contributed by atoms with E-state index in [9.17, 15) is 24.6 Å². The smallest absolute Gasteiger partial charge is 0.244 e. The number of carbonyl (C=O) groups is 3. The van der Waals surface area contributed by atoms with Crippen molar-refractivity contribution in [3.63, 3.8) is 0 Å². The molecule has 2 atom stereocenters. The maximum absolute atomic E-state index is 13.4. The van der Waals surface area contributed by atoms with Crippen LogP contribution in [0.1, 0.15) is 64.3 Å². The van der Waals surface area contributed by atoms with Gasteiger partial charge in [-0.2, -0.15) is 5.26 Å². The molecule has 1 aliphatic rings. The molecule has 0 saturated heterocycles. The van der Waals surface area contributed by atoms with E-state index in [1.54, 1.807) is 42.5 Å². The van der Waals surface area contributed by atoms with Crippen molar-refractivity contribution in [2.24, 2.45) is 5.92 Å². The number of rotatable bonds is 10. The minimum absolute atomic E-state index is 0.0365. The summed E-state index contributed by atoms with van der Waals surface area (Å²) in [5.41, 5.74) is 2.17. The molecule has 9 nitrogen and oxygen atoms in total. The molecule has 5 N–H and O–H groups in total. The zero-order valence-electron chi connectivity index (χ0n) is 21.5. The van der Waals surface area contributed by atoms with Crippen LogP contribution in [0.4, 0.5) is 0 Å². The van der Waals surface area contributed by atoms with Crippen LogP contribution < -0.4 is 10.6 Å². The minimum atomic E-state index is -0.866. The van der Waals surface area contributed by atoms with Crippen LogP contribution in [-0.4, -0.2) is 38.8 Å². The summed E-state index contributed by atoms with van der Waals surface area (Å²) in [6, 6.07) is 16.4. The quantitative estimate of drug-likeness (QED) is 0.198. The molecule has 39 heavy (non-hydrogen) atoms. The highest BCUT2D eigenvalue weighted by atomic mass is 16.3. The Morgan fingerprint density at radius 3 is 2.31 bits per heavy atom. The van der Waals surface area contributed by atoms with Crippen molar-refractivity contribution in [2.75, 3.05) is 0 Å². The molecular weight excluding hydrogens is 496 g/mol. The zero-order chi connectivity index (χ0) is 27.9. The molecule has 0 radical (unpaired) electrons. The van der Waals surface area contributed by atoms with E-state index in [1.165, 1.54) is 13.0 Å². The van der Waals surface area contributed by atoms with Gasteiger partial charge < -0.3 is 20.8 Å². The summed E-state index contributed by atoms with van der Waals surface area (Å²) in [4.78, 5) is 41.7. The summed E-state index contributed by atoms with van der Waals surface area (Å²) >= 11 is 0. The SMILES string of the molecule is Cc1c(O)[nH]c(O)c1C(=O)C(NC(=O)C[C@H](NC(=O)C=Cc1ccc(C#N)cc1)c1ccccc1)C1CCC1. The Balaban J connectivity index is 1.48. The van der Waals surface area contributed by atoms with Gasteiger partial charge in [0.1, 0.15) is 0 Å². The maximum atomic E-state index is 13.4. The fraction of sp³-hybridized carbons (Fsp3) is 0.267. The molecule has 1 aliphatic carbocycles. The number of hydrogen-bond donors (Lipinski definition) is 5. The summed E-state index contributed by atoms with van der Waals surface area (Å²) in [6.07, 6.45) is 5.31. The van der Waals surface area contributed by atoms with E-state index >= 15 is 0 Å². The number of nitriles is 1. The predicted octanol–water partition coefficient (Wildman–Crippen LogP) is 4.03. The van der Waals surface area contributed by atoms with Gasteiger partial charge in [0, 0.05) is 11.6 Å². The van der Waals surface area contributed by atoms with Crippen molar-refractivity contribution >= 4 is 23.7 Å². The molecule has 0 aliphatic heterocycles. The maximum Gasteiger partial charge on any atom is 0.244 e.